The van der Waals surface area contributed by atoms with Crippen molar-refractivity contribution in [3.8, 4) is 28.7 Å². The average Bonchev–Trinajstić information content (AvgIpc) is 3.07. The van der Waals surface area contributed by atoms with Gasteiger partial charge in [0.15, 0.2) is 6.10 Å². The predicted molar refractivity (Wildman–Crippen MR) is 190 cm³/mol. The summed E-state index contributed by atoms with van der Waals surface area (Å²) < 4.78 is 30.9. The number of rotatable bonds is 8. The molecule has 8 nitrogen and oxygen atoms in total. The number of carbonyl (C=O) groups is 2. The van der Waals surface area contributed by atoms with Gasteiger partial charge in [-0.1, -0.05) is 18.6 Å². The molecule has 0 N–H and O–H groups in total. The predicted octanol–water partition coefficient (Wildman–Crippen LogP) is 8.59. The first-order valence-electron chi connectivity index (χ1n) is 17.5. The highest BCUT2D eigenvalue weighted by molar-refractivity contribution is 6.00. The summed E-state index contributed by atoms with van der Waals surface area (Å²) in [4.78, 5) is 28.0. The molecule has 8 heteroatoms. The summed E-state index contributed by atoms with van der Waals surface area (Å²) >= 11 is 0. The van der Waals surface area contributed by atoms with Crippen LogP contribution in [0.5, 0.6) is 28.7 Å². The number of likely N-dealkylation sites (tertiary alicyclic amines) is 1. The first-order chi connectivity index (χ1) is 23.3. The van der Waals surface area contributed by atoms with Gasteiger partial charge in [-0.3, -0.25) is 9.59 Å². The zero-order valence-corrected chi connectivity index (χ0v) is 29.9. The van der Waals surface area contributed by atoms with Gasteiger partial charge in [0.05, 0.1) is 17.4 Å². The van der Waals surface area contributed by atoms with Crippen LogP contribution in [0, 0.1) is 17.8 Å². The molecule has 1 fully saturated rings. The smallest absolute Gasteiger partial charge is 0.316 e. The number of carbonyl (C=O) groups excluding carboxylic acids is 2. The summed E-state index contributed by atoms with van der Waals surface area (Å²) in [6, 6.07) is 17.4. The third kappa shape index (κ3) is 7.64. The van der Waals surface area contributed by atoms with Gasteiger partial charge >= 0.3 is 11.9 Å². The molecule has 3 aromatic rings. The molecule has 260 valence electrons. The van der Waals surface area contributed by atoms with Crippen molar-refractivity contribution in [2.45, 2.75) is 80.3 Å². The molecule has 0 radical (unpaired) electrons. The molecule has 0 aliphatic carbocycles. The summed E-state index contributed by atoms with van der Waals surface area (Å²) in [5, 5.41) is 0. The maximum Gasteiger partial charge on any atom is 0.316 e. The van der Waals surface area contributed by atoms with Crippen molar-refractivity contribution in [1.82, 2.24) is 4.90 Å². The summed E-state index contributed by atoms with van der Waals surface area (Å²) in [7, 11) is 0. The number of piperidine rings is 1. The number of esters is 2. The number of nitrogens with zero attached hydrogens (tertiary/aromatic N) is 1. The van der Waals surface area contributed by atoms with E-state index in [0.29, 0.717) is 36.2 Å². The molecule has 3 aromatic carbocycles. The maximum atomic E-state index is 12.8. The Kier molecular flexibility index (Phi) is 9.81. The third-order valence-corrected chi connectivity index (χ3v) is 9.28. The molecular weight excluding hydrogens is 618 g/mol. The minimum Gasteiger partial charge on any atom is -0.494 e. The summed E-state index contributed by atoms with van der Waals surface area (Å²) in [6.07, 6.45) is 4.44. The fraction of sp³-hybridized carbons (Fsp3) is 0.463. The molecule has 0 aromatic heterocycles. The van der Waals surface area contributed by atoms with Crippen LogP contribution in [0.3, 0.4) is 0 Å². The second-order valence-electron chi connectivity index (χ2n) is 15.4. The van der Waals surface area contributed by atoms with E-state index in [0.717, 1.165) is 52.1 Å². The van der Waals surface area contributed by atoms with Gasteiger partial charge in [0, 0.05) is 40.4 Å². The van der Waals surface area contributed by atoms with Crippen LogP contribution >= 0.6 is 0 Å². The van der Waals surface area contributed by atoms with Gasteiger partial charge in [-0.15, -0.1) is 0 Å². The largest absolute Gasteiger partial charge is 0.494 e. The highest BCUT2D eigenvalue weighted by Crippen LogP contribution is 2.53. The zero-order valence-electron chi connectivity index (χ0n) is 29.9. The monoisotopic (exact) mass is 667 g/mol. The quantitative estimate of drug-likeness (QED) is 0.134. The van der Waals surface area contributed by atoms with Crippen LogP contribution in [0.15, 0.2) is 54.6 Å². The number of hydrogen-bond acceptors (Lipinski definition) is 8. The number of hydrogen-bond donors (Lipinski definition) is 0. The fourth-order valence-electron chi connectivity index (χ4n) is 6.32. The van der Waals surface area contributed by atoms with Crippen molar-refractivity contribution in [3.63, 3.8) is 0 Å². The van der Waals surface area contributed by atoms with Crippen molar-refractivity contribution in [1.29, 1.82) is 0 Å². The molecule has 49 heavy (non-hydrogen) atoms. The molecule has 3 heterocycles. The standard InChI is InChI=1S/C41H49NO7/c1-26-33(48-39(44)41(5,6)7)19-18-30-32-25-46-34-24-29(47-38(43)40(2,3)4)16-17-31(34)35(32)37(49-36(26)30)27-12-14-28(15-13-27)45-23-11-22-42-20-9-8-10-21-42/h12-19,24,37H,8-11,20-23,25H2,1-7H3. The van der Waals surface area contributed by atoms with Crippen LogP contribution in [0.2, 0.25) is 0 Å². The minimum absolute atomic E-state index is 0.296. The van der Waals surface area contributed by atoms with Gasteiger partial charge < -0.3 is 28.6 Å². The van der Waals surface area contributed by atoms with Gasteiger partial charge in [0.25, 0.3) is 0 Å². The number of benzene rings is 3. The van der Waals surface area contributed by atoms with E-state index in [1.54, 1.807) is 12.1 Å². The molecule has 1 atom stereocenters. The topological polar surface area (TPSA) is 83.5 Å². The van der Waals surface area contributed by atoms with Crippen LogP contribution in [0.1, 0.15) is 95.6 Å². The van der Waals surface area contributed by atoms with Gasteiger partial charge in [-0.25, -0.2) is 0 Å². The number of fused-ring (bicyclic) bond motifs is 4. The molecule has 6 rings (SSSR count). The van der Waals surface area contributed by atoms with Crippen molar-refractivity contribution < 1.29 is 33.3 Å². The molecule has 3 aliphatic heterocycles. The van der Waals surface area contributed by atoms with Crippen molar-refractivity contribution in [2.75, 3.05) is 32.8 Å². The lowest BCUT2D eigenvalue weighted by Gasteiger charge is -2.36. The van der Waals surface area contributed by atoms with Gasteiger partial charge in [0.1, 0.15) is 35.4 Å². The van der Waals surface area contributed by atoms with Crippen LogP contribution in [-0.4, -0.2) is 49.7 Å². The highest BCUT2D eigenvalue weighted by atomic mass is 16.5. The highest BCUT2D eigenvalue weighted by Gasteiger charge is 2.37. The summed E-state index contributed by atoms with van der Waals surface area (Å²) in [5.41, 5.74) is 4.14. The lowest BCUT2D eigenvalue weighted by Crippen LogP contribution is -2.31. The Balaban J connectivity index is 1.31. The number of ether oxygens (including phenoxy) is 5. The first kappa shape index (κ1) is 34.6. The SMILES string of the molecule is Cc1c(OC(=O)C(C)(C)C)ccc2c1OC(c1ccc(OCCCN3CCCCC3)cc1)C1=C2COc2cc(OC(=O)C(C)(C)C)ccc21. The van der Waals surface area contributed by atoms with E-state index in [4.69, 9.17) is 23.7 Å². The summed E-state index contributed by atoms with van der Waals surface area (Å²) in [6.45, 7) is 17.3. The lowest BCUT2D eigenvalue weighted by molar-refractivity contribution is -0.143. The molecule has 0 saturated carbocycles. The van der Waals surface area contributed by atoms with E-state index in [9.17, 15) is 9.59 Å². The lowest BCUT2D eigenvalue weighted by atomic mass is 9.83. The summed E-state index contributed by atoms with van der Waals surface area (Å²) in [5.74, 6) is 2.37. The Labute approximate surface area is 290 Å². The molecule has 3 aliphatic rings. The van der Waals surface area contributed by atoms with Crippen LogP contribution in [0.4, 0.5) is 0 Å². The Bertz CT molecular complexity index is 1740. The van der Waals surface area contributed by atoms with Crippen LogP contribution < -0.4 is 23.7 Å². The van der Waals surface area contributed by atoms with E-state index < -0.39 is 16.9 Å². The minimum atomic E-state index is -0.653. The van der Waals surface area contributed by atoms with E-state index in [1.807, 2.05) is 90.9 Å². The van der Waals surface area contributed by atoms with Crippen molar-refractivity contribution >= 4 is 23.1 Å². The first-order valence-corrected chi connectivity index (χ1v) is 17.5. The molecular formula is C41H49NO7. The van der Waals surface area contributed by atoms with E-state index in [-0.39, 0.29) is 11.9 Å². The Hall–Kier alpha value is -4.30. The van der Waals surface area contributed by atoms with Crippen molar-refractivity contribution in [2.24, 2.45) is 10.8 Å². The van der Waals surface area contributed by atoms with Gasteiger partial charge in [-0.05, 0) is 123 Å². The molecule has 1 unspecified atom stereocenters. The zero-order chi connectivity index (χ0) is 34.9. The Morgan fingerprint density at radius 2 is 1.47 bits per heavy atom. The van der Waals surface area contributed by atoms with Crippen LogP contribution in [-0.2, 0) is 9.59 Å². The van der Waals surface area contributed by atoms with Crippen molar-refractivity contribution in [3.05, 3.63) is 76.9 Å². The second-order valence-corrected chi connectivity index (χ2v) is 15.4. The molecule has 1 saturated heterocycles. The van der Waals surface area contributed by atoms with E-state index in [1.165, 1.54) is 32.4 Å². The Morgan fingerprint density at radius 3 is 2.16 bits per heavy atom. The molecule has 0 bridgehead atoms. The van der Waals surface area contributed by atoms with Gasteiger partial charge in [0.2, 0.25) is 0 Å². The Morgan fingerprint density at radius 1 is 0.816 bits per heavy atom. The normalized spacial score (nSPS) is 17.6. The molecule has 0 spiro atoms. The third-order valence-electron chi connectivity index (χ3n) is 9.28. The average molecular weight is 668 g/mol. The molecule has 0 amide bonds. The van der Waals surface area contributed by atoms with Gasteiger partial charge in [-0.2, -0.15) is 0 Å². The van der Waals surface area contributed by atoms with Crippen LogP contribution in [0.25, 0.3) is 11.1 Å². The van der Waals surface area contributed by atoms with E-state index in [2.05, 4.69) is 4.90 Å². The second kappa shape index (κ2) is 13.9. The fourth-order valence-corrected chi connectivity index (χ4v) is 6.32. The maximum absolute atomic E-state index is 12.8. The van der Waals surface area contributed by atoms with E-state index >= 15 is 0 Å².